The summed E-state index contributed by atoms with van der Waals surface area (Å²) >= 11 is 6.53. The number of carbonyl (C=O) groups is 2. The van der Waals surface area contributed by atoms with Crippen LogP contribution in [-0.2, 0) is 0 Å². The van der Waals surface area contributed by atoms with Crippen LogP contribution < -0.4 is 0 Å². The number of imide groups is 1. The van der Waals surface area contributed by atoms with Gasteiger partial charge in [0.25, 0.3) is 11.8 Å². The Hall–Kier alpha value is -2.72. The van der Waals surface area contributed by atoms with Crippen LogP contribution in [0.5, 0.6) is 0 Å². The summed E-state index contributed by atoms with van der Waals surface area (Å²) in [5.74, 6) is -0.598. The van der Waals surface area contributed by atoms with Crippen LogP contribution in [-0.4, -0.2) is 21.7 Å². The second-order valence-electron chi connectivity index (χ2n) is 5.75. The van der Waals surface area contributed by atoms with Gasteiger partial charge in [-0.25, -0.2) is 0 Å². The van der Waals surface area contributed by atoms with E-state index < -0.39 is 6.04 Å². The van der Waals surface area contributed by atoms with Gasteiger partial charge in [-0.2, -0.15) is 0 Å². The molecule has 0 saturated heterocycles. The van der Waals surface area contributed by atoms with Gasteiger partial charge in [-0.1, -0.05) is 41.9 Å². The molecule has 1 unspecified atom stereocenters. The average molecular weight is 337 g/mol. The van der Waals surface area contributed by atoms with Gasteiger partial charge in [-0.05, 0) is 25.1 Å². The number of halogens is 1. The standard InChI is InChI=1S/C19H13ClN2O2/c1-11(15-10-21-16-9-5-4-8-14(16)17(15)20)22-18(23)12-6-2-3-7-13(12)19(22)24/h2-11H,1H3. The Morgan fingerprint density at radius 2 is 1.54 bits per heavy atom. The van der Waals surface area contributed by atoms with Crippen LogP contribution in [0.3, 0.4) is 0 Å². The van der Waals surface area contributed by atoms with Crippen molar-refractivity contribution < 1.29 is 9.59 Å². The minimum Gasteiger partial charge on any atom is -0.269 e. The number of amides is 2. The summed E-state index contributed by atoms with van der Waals surface area (Å²) in [7, 11) is 0. The lowest BCUT2D eigenvalue weighted by atomic mass is 10.1. The lowest BCUT2D eigenvalue weighted by Gasteiger charge is -2.24. The van der Waals surface area contributed by atoms with E-state index in [9.17, 15) is 9.59 Å². The van der Waals surface area contributed by atoms with Gasteiger partial charge in [0.1, 0.15) is 0 Å². The van der Waals surface area contributed by atoms with E-state index in [1.165, 1.54) is 4.90 Å². The number of fused-ring (bicyclic) bond motifs is 2. The smallest absolute Gasteiger partial charge is 0.262 e. The van der Waals surface area contributed by atoms with E-state index in [-0.39, 0.29) is 11.8 Å². The fourth-order valence-electron chi connectivity index (χ4n) is 3.11. The average Bonchev–Trinajstić information content (AvgIpc) is 2.86. The van der Waals surface area contributed by atoms with Crippen molar-refractivity contribution in [2.45, 2.75) is 13.0 Å². The predicted octanol–water partition coefficient (Wildman–Crippen LogP) is 4.25. The number of rotatable bonds is 2. The van der Waals surface area contributed by atoms with Gasteiger partial charge in [0, 0.05) is 17.1 Å². The van der Waals surface area contributed by atoms with Crippen LogP contribution in [0.15, 0.2) is 54.7 Å². The molecule has 2 amide bonds. The monoisotopic (exact) mass is 336 g/mol. The van der Waals surface area contributed by atoms with Crippen molar-refractivity contribution in [2.75, 3.05) is 0 Å². The summed E-state index contributed by atoms with van der Waals surface area (Å²) in [5.41, 5.74) is 2.30. The van der Waals surface area contributed by atoms with E-state index in [2.05, 4.69) is 4.98 Å². The second-order valence-corrected chi connectivity index (χ2v) is 6.12. The zero-order valence-corrected chi connectivity index (χ0v) is 13.6. The number of para-hydroxylation sites is 1. The first kappa shape index (κ1) is 14.8. The van der Waals surface area contributed by atoms with Gasteiger partial charge >= 0.3 is 0 Å². The highest BCUT2D eigenvalue weighted by molar-refractivity contribution is 6.36. The maximum Gasteiger partial charge on any atom is 0.262 e. The van der Waals surface area contributed by atoms with Crippen LogP contribution in [0.4, 0.5) is 0 Å². The lowest BCUT2D eigenvalue weighted by molar-refractivity contribution is 0.0595. The minimum absolute atomic E-state index is 0.299. The van der Waals surface area contributed by atoms with Crippen LogP contribution in [0.25, 0.3) is 10.9 Å². The van der Waals surface area contributed by atoms with E-state index >= 15 is 0 Å². The molecular formula is C19H13ClN2O2. The Balaban J connectivity index is 1.80. The van der Waals surface area contributed by atoms with Crippen molar-refractivity contribution in [1.29, 1.82) is 0 Å². The molecule has 0 radical (unpaired) electrons. The molecule has 0 bridgehead atoms. The first-order valence-corrected chi connectivity index (χ1v) is 7.97. The van der Waals surface area contributed by atoms with Crippen molar-refractivity contribution in [2.24, 2.45) is 0 Å². The van der Waals surface area contributed by atoms with E-state index in [0.717, 1.165) is 10.9 Å². The SMILES string of the molecule is CC(c1cnc2ccccc2c1Cl)N1C(=O)c2ccccc2C1=O. The van der Waals surface area contributed by atoms with Gasteiger partial charge in [-0.3, -0.25) is 19.5 Å². The number of nitrogens with zero attached hydrogens (tertiary/aromatic N) is 2. The van der Waals surface area contributed by atoms with E-state index in [1.807, 2.05) is 24.3 Å². The number of benzene rings is 2. The molecule has 0 fully saturated rings. The summed E-state index contributed by atoms with van der Waals surface area (Å²) in [6, 6.07) is 13.9. The number of hydrogen-bond acceptors (Lipinski definition) is 3. The molecule has 1 aliphatic rings. The summed E-state index contributed by atoms with van der Waals surface area (Å²) in [4.78, 5) is 30.9. The molecule has 4 rings (SSSR count). The molecule has 0 aliphatic carbocycles. The third-order valence-corrected chi connectivity index (χ3v) is 4.82. The van der Waals surface area contributed by atoms with Crippen molar-refractivity contribution >= 4 is 34.3 Å². The molecule has 5 heteroatoms. The lowest BCUT2D eigenvalue weighted by Crippen LogP contribution is -2.32. The van der Waals surface area contributed by atoms with Gasteiger partial charge < -0.3 is 0 Å². The Morgan fingerprint density at radius 3 is 2.21 bits per heavy atom. The maximum absolute atomic E-state index is 12.6. The third kappa shape index (κ3) is 2.03. The maximum atomic E-state index is 12.6. The molecule has 1 aliphatic heterocycles. The van der Waals surface area contributed by atoms with E-state index in [1.54, 1.807) is 37.4 Å². The summed E-state index contributed by atoms with van der Waals surface area (Å²) in [6.07, 6.45) is 1.64. The van der Waals surface area contributed by atoms with Crippen molar-refractivity contribution in [1.82, 2.24) is 9.88 Å². The van der Waals surface area contributed by atoms with Crippen LogP contribution in [0, 0.1) is 0 Å². The topological polar surface area (TPSA) is 50.3 Å². The Morgan fingerprint density at radius 1 is 0.958 bits per heavy atom. The van der Waals surface area contributed by atoms with Crippen molar-refractivity contribution in [3.63, 3.8) is 0 Å². The van der Waals surface area contributed by atoms with Crippen LogP contribution >= 0.6 is 11.6 Å². The largest absolute Gasteiger partial charge is 0.269 e. The Kier molecular flexibility index (Phi) is 3.36. The van der Waals surface area contributed by atoms with Crippen LogP contribution in [0.1, 0.15) is 39.2 Å². The minimum atomic E-state index is -0.498. The summed E-state index contributed by atoms with van der Waals surface area (Å²) < 4.78 is 0. The molecule has 0 saturated carbocycles. The molecule has 2 heterocycles. The summed E-state index contributed by atoms with van der Waals surface area (Å²) in [6.45, 7) is 1.79. The first-order chi connectivity index (χ1) is 11.6. The second kappa shape index (κ2) is 5.42. The molecule has 0 spiro atoms. The molecule has 1 atom stereocenters. The van der Waals surface area contributed by atoms with Gasteiger partial charge in [-0.15, -0.1) is 0 Å². The molecule has 118 valence electrons. The van der Waals surface area contributed by atoms with Gasteiger partial charge in [0.2, 0.25) is 0 Å². The van der Waals surface area contributed by atoms with Crippen molar-refractivity contribution in [3.05, 3.63) is 76.4 Å². The first-order valence-electron chi connectivity index (χ1n) is 7.59. The normalized spacial score (nSPS) is 15.0. The number of pyridine rings is 1. The molecule has 3 aromatic rings. The highest BCUT2D eigenvalue weighted by atomic mass is 35.5. The Bertz CT molecular complexity index is 965. The van der Waals surface area contributed by atoms with E-state index in [4.69, 9.17) is 11.6 Å². The highest BCUT2D eigenvalue weighted by Gasteiger charge is 2.39. The van der Waals surface area contributed by atoms with Crippen molar-refractivity contribution in [3.8, 4) is 0 Å². The van der Waals surface area contributed by atoms with E-state index in [0.29, 0.717) is 21.7 Å². The highest BCUT2D eigenvalue weighted by Crippen LogP contribution is 2.36. The third-order valence-electron chi connectivity index (χ3n) is 4.40. The molecule has 1 aromatic heterocycles. The fourth-order valence-corrected chi connectivity index (χ4v) is 3.48. The predicted molar refractivity (Wildman–Crippen MR) is 92.1 cm³/mol. The van der Waals surface area contributed by atoms with Gasteiger partial charge in [0.15, 0.2) is 0 Å². The Labute approximate surface area is 143 Å². The number of hydrogen-bond donors (Lipinski definition) is 0. The molecule has 24 heavy (non-hydrogen) atoms. The quantitative estimate of drug-likeness (QED) is 0.657. The molecule has 0 N–H and O–H groups in total. The summed E-state index contributed by atoms with van der Waals surface area (Å²) in [5, 5.41) is 1.32. The molecule has 2 aromatic carbocycles. The van der Waals surface area contributed by atoms with Gasteiger partial charge in [0.05, 0.1) is 27.7 Å². The zero-order chi connectivity index (χ0) is 16.8. The van der Waals surface area contributed by atoms with Crippen LogP contribution in [0.2, 0.25) is 5.02 Å². The molecule has 4 nitrogen and oxygen atoms in total. The molecular weight excluding hydrogens is 324 g/mol. The fraction of sp³-hybridized carbons (Fsp3) is 0.105. The number of carbonyl (C=O) groups excluding carboxylic acids is 2. The zero-order valence-electron chi connectivity index (χ0n) is 12.9. The number of aromatic nitrogens is 1.